The van der Waals surface area contributed by atoms with Crippen LogP contribution in [0.5, 0.6) is 0 Å². The summed E-state index contributed by atoms with van der Waals surface area (Å²) in [7, 11) is 2.09. The second-order valence-corrected chi connectivity index (χ2v) is 6.61. The molecule has 0 aliphatic rings. The van der Waals surface area contributed by atoms with Gasteiger partial charge in [-0.15, -0.1) is 0 Å². The van der Waals surface area contributed by atoms with Gasteiger partial charge in [-0.05, 0) is 37.3 Å². The van der Waals surface area contributed by atoms with E-state index in [-0.39, 0.29) is 0 Å². The predicted octanol–water partition coefficient (Wildman–Crippen LogP) is 4.11. The highest BCUT2D eigenvalue weighted by Gasteiger charge is 2.11. The summed E-state index contributed by atoms with van der Waals surface area (Å²) in [5.74, 6) is 1.02. The summed E-state index contributed by atoms with van der Waals surface area (Å²) < 4.78 is 4.84. The number of nitrogens with zero attached hydrogens (tertiary/aromatic N) is 4. The van der Waals surface area contributed by atoms with Crippen LogP contribution in [0.3, 0.4) is 0 Å². The van der Waals surface area contributed by atoms with Crippen LogP contribution in [0.15, 0.2) is 60.7 Å². The Kier molecular flexibility index (Phi) is 5.79. The molecule has 5 heteroatoms. The lowest BCUT2D eigenvalue weighted by Crippen LogP contribution is -2.22. The molecule has 4 nitrogen and oxygen atoms in total. The summed E-state index contributed by atoms with van der Waals surface area (Å²) in [5, 5.41) is 4.79. The second-order valence-electron chi connectivity index (χ2n) is 6.25. The van der Waals surface area contributed by atoms with Crippen LogP contribution < -0.4 is 0 Å². The summed E-state index contributed by atoms with van der Waals surface area (Å²) >= 11 is 5.65. The fraction of sp³-hybridized carbons (Fsp3) is 0.300. The average Bonchev–Trinajstić information content (AvgIpc) is 2.91. The number of hydrogen-bond donors (Lipinski definition) is 0. The number of aromatic nitrogens is 3. The third-order valence-corrected chi connectivity index (χ3v) is 4.62. The van der Waals surface area contributed by atoms with Gasteiger partial charge in [-0.2, -0.15) is 5.10 Å². The van der Waals surface area contributed by atoms with Crippen molar-refractivity contribution in [3.8, 4) is 0 Å². The zero-order valence-electron chi connectivity index (χ0n) is 14.8. The second kappa shape index (κ2) is 8.23. The van der Waals surface area contributed by atoms with Gasteiger partial charge in [0.1, 0.15) is 5.82 Å². The molecule has 0 fully saturated rings. The summed E-state index contributed by atoms with van der Waals surface area (Å²) in [6, 6.07) is 20.9. The van der Waals surface area contributed by atoms with Gasteiger partial charge in [0.15, 0.2) is 4.77 Å². The zero-order chi connectivity index (χ0) is 17.6. The Balaban J connectivity index is 1.76. The van der Waals surface area contributed by atoms with Gasteiger partial charge in [0.05, 0.1) is 6.67 Å². The Morgan fingerprint density at radius 2 is 1.56 bits per heavy atom. The van der Waals surface area contributed by atoms with Crippen LogP contribution in [0, 0.1) is 4.77 Å². The van der Waals surface area contributed by atoms with E-state index in [9.17, 15) is 0 Å². The van der Waals surface area contributed by atoms with E-state index >= 15 is 0 Å². The van der Waals surface area contributed by atoms with Crippen molar-refractivity contribution in [2.45, 2.75) is 33.1 Å². The summed E-state index contributed by atoms with van der Waals surface area (Å²) in [6.45, 7) is 4.51. The maximum Gasteiger partial charge on any atom is 0.199 e. The lowest BCUT2D eigenvalue weighted by Gasteiger charge is -2.16. The van der Waals surface area contributed by atoms with Gasteiger partial charge in [0.2, 0.25) is 0 Å². The van der Waals surface area contributed by atoms with E-state index in [0.717, 1.165) is 30.1 Å². The van der Waals surface area contributed by atoms with E-state index < -0.39 is 0 Å². The Morgan fingerprint density at radius 3 is 2.16 bits per heavy atom. The molecule has 1 aromatic heterocycles. The molecule has 0 atom stereocenters. The molecule has 2 aromatic carbocycles. The minimum absolute atomic E-state index is 0.683. The number of rotatable bonds is 7. The lowest BCUT2D eigenvalue weighted by atomic mass is 10.1. The maximum atomic E-state index is 5.65. The largest absolute Gasteiger partial charge is 0.304 e. The topological polar surface area (TPSA) is 26.0 Å². The number of benzene rings is 2. The van der Waals surface area contributed by atoms with Crippen molar-refractivity contribution < 1.29 is 0 Å². The van der Waals surface area contributed by atoms with E-state index in [1.807, 2.05) is 16.8 Å². The average molecular weight is 353 g/mol. The van der Waals surface area contributed by atoms with E-state index in [2.05, 4.69) is 72.0 Å². The molecular formula is C20H24N4S. The first-order valence-corrected chi connectivity index (χ1v) is 9.01. The van der Waals surface area contributed by atoms with Gasteiger partial charge in [-0.3, -0.25) is 4.90 Å². The third-order valence-electron chi connectivity index (χ3n) is 4.19. The highest BCUT2D eigenvalue weighted by atomic mass is 32.1. The number of hydrogen-bond acceptors (Lipinski definition) is 3. The van der Waals surface area contributed by atoms with Crippen molar-refractivity contribution in [1.82, 2.24) is 19.2 Å². The first-order chi connectivity index (χ1) is 12.2. The zero-order valence-corrected chi connectivity index (χ0v) is 15.6. The van der Waals surface area contributed by atoms with Crippen LogP contribution in [0.1, 0.15) is 23.9 Å². The van der Waals surface area contributed by atoms with E-state index in [0.29, 0.717) is 6.67 Å². The normalized spacial score (nSPS) is 11.2. The predicted molar refractivity (Wildman–Crippen MR) is 104 cm³/mol. The molecule has 25 heavy (non-hydrogen) atoms. The van der Waals surface area contributed by atoms with Crippen LogP contribution in [0.2, 0.25) is 0 Å². The Bertz CT molecular complexity index is 852. The van der Waals surface area contributed by atoms with Crippen LogP contribution in [-0.4, -0.2) is 26.3 Å². The van der Waals surface area contributed by atoms with Gasteiger partial charge in [0.25, 0.3) is 0 Å². The Morgan fingerprint density at radius 1 is 0.960 bits per heavy atom. The molecule has 0 spiro atoms. The van der Waals surface area contributed by atoms with Crippen LogP contribution in [0.4, 0.5) is 0 Å². The molecule has 0 saturated carbocycles. The molecule has 0 radical (unpaired) electrons. The first-order valence-electron chi connectivity index (χ1n) is 8.60. The van der Waals surface area contributed by atoms with Crippen LogP contribution in [-0.2, 0) is 26.2 Å². The maximum absolute atomic E-state index is 5.65. The van der Waals surface area contributed by atoms with Crippen molar-refractivity contribution >= 4 is 12.2 Å². The van der Waals surface area contributed by atoms with Crippen molar-refractivity contribution in [1.29, 1.82) is 0 Å². The highest BCUT2D eigenvalue weighted by Crippen LogP contribution is 2.11. The molecule has 0 bridgehead atoms. The van der Waals surface area contributed by atoms with Crippen molar-refractivity contribution in [3.05, 3.63) is 82.4 Å². The molecule has 0 saturated heterocycles. The van der Waals surface area contributed by atoms with Gasteiger partial charge in [0, 0.05) is 19.5 Å². The van der Waals surface area contributed by atoms with Gasteiger partial charge in [-0.1, -0.05) is 60.7 Å². The molecule has 0 amide bonds. The standard InChI is InChI=1S/C20H24N4S/c1-3-23-19(14-17-10-6-4-7-11-17)21-24(20(23)25)16-22(2)15-18-12-8-5-9-13-18/h4-13H,3,14-16H2,1-2H3. The molecule has 3 aromatic rings. The third kappa shape index (κ3) is 4.44. The highest BCUT2D eigenvalue weighted by molar-refractivity contribution is 7.71. The van der Waals surface area contributed by atoms with Crippen molar-refractivity contribution in [2.24, 2.45) is 0 Å². The Hall–Kier alpha value is -2.24. The van der Waals surface area contributed by atoms with Gasteiger partial charge in [-0.25, -0.2) is 4.68 Å². The molecule has 0 N–H and O–H groups in total. The fourth-order valence-corrected chi connectivity index (χ4v) is 3.31. The Labute approximate surface area is 154 Å². The van der Waals surface area contributed by atoms with Crippen LogP contribution in [0.25, 0.3) is 0 Å². The minimum atomic E-state index is 0.683. The molecular weight excluding hydrogens is 328 g/mol. The van der Waals surface area contributed by atoms with E-state index in [1.165, 1.54) is 11.1 Å². The summed E-state index contributed by atoms with van der Waals surface area (Å²) in [4.78, 5) is 2.23. The van der Waals surface area contributed by atoms with Crippen molar-refractivity contribution in [3.63, 3.8) is 0 Å². The lowest BCUT2D eigenvalue weighted by molar-refractivity contribution is 0.243. The van der Waals surface area contributed by atoms with E-state index in [4.69, 9.17) is 17.3 Å². The van der Waals surface area contributed by atoms with Crippen molar-refractivity contribution in [2.75, 3.05) is 7.05 Å². The van der Waals surface area contributed by atoms with Gasteiger partial charge < -0.3 is 4.57 Å². The minimum Gasteiger partial charge on any atom is -0.304 e. The summed E-state index contributed by atoms with van der Waals surface area (Å²) in [6.07, 6.45) is 0.799. The molecule has 0 aliphatic heterocycles. The molecule has 3 rings (SSSR count). The fourth-order valence-electron chi connectivity index (χ4n) is 2.98. The summed E-state index contributed by atoms with van der Waals surface area (Å²) in [5.41, 5.74) is 2.54. The van der Waals surface area contributed by atoms with Crippen LogP contribution >= 0.6 is 12.2 Å². The monoisotopic (exact) mass is 352 g/mol. The molecule has 0 unspecified atom stereocenters. The molecule has 0 aliphatic carbocycles. The molecule has 1 heterocycles. The van der Waals surface area contributed by atoms with Gasteiger partial charge >= 0.3 is 0 Å². The smallest absolute Gasteiger partial charge is 0.199 e. The first kappa shape index (κ1) is 17.6. The SMILES string of the molecule is CCn1c(Cc2ccccc2)nn(CN(C)Cc2ccccc2)c1=S. The quantitative estimate of drug-likeness (QED) is 0.599. The van der Waals surface area contributed by atoms with E-state index in [1.54, 1.807) is 0 Å². The molecule has 130 valence electrons.